The first kappa shape index (κ1) is 20.3. The van der Waals surface area contributed by atoms with Gasteiger partial charge in [0, 0.05) is 18.7 Å². The highest BCUT2D eigenvalue weighted by atomic mass is 32.1. The number of aromatic nitrogens is 3. The van der Waals surface area contributed by atoms with E-state index in [1.54, 1.807) is 29.2 Å². The second kappa shape index (κ2) is 8.51. The van der Waals surface area contributed by atoms with E-state index in [2.05, 4.69) is 15.1 Å². The molecule has 162 valence electrons. The molecular weight excluding hydrogens is 431 g/mol. The van der Waals surface area contributed by atoms with E-state index >= 15 is 0 Å². The normalized spacial score (nSPS) is 16.3. The Morgan fingerprint density at radius 3 is 2.91 bits per heavy atom. The number of nitrogens with one attached hydrogen (secondary N) is 1. The molecule has 1 fully saturated rings. The number of pyridine rings is 1. The number of thiophene rings is 1. The molecule has 1 aliphatic heterocycles. The maximum atomic E-state index is 13.5. The Morgan fingerprint density at radius 1 is 1.22 bits per heavy atom. The molecule has 32 heavy (non-hydrogen) atoms. The zero-order valence-corrected chi connectivity index (χ0v) is 17.8. The number of H-pyrrole nitrogens is 1. The van der Waals surface area contributed by atoms with E-state index in [0.717, 1.165) is 17.7 Å². The van der Waals surface area contributed by atoms with Gasteiger partial charge >= 0.3 is 0 Å². The lowest BCUT2D eigenvalue weighted by Gasteiger charge is -2.30. The van der Waals surface area contributed by atoms with Crippen molar-refractivity contribution in [1.29, 1.82) is 0 Å². The van der Waals surface area contributed by atoms with Crippen LogP contribution in [0, 0.1) is 5.82 Å². The molecule has 9 heteroatoms. The number of carbonyl (C=O) groups excluding carboxylic acids is 1. The summed E-state index contributed by atoms with van der Waals surface area (Å²) in [6.07, 6.45) is 1.53. The lowest BCUT2D eigenvalue weighted by atomic mass is 9.97. The van der Waals surface area contributed by atoms with Gasteiger partial charge in [-0.1, -0.05) is 23.4 Å². The van der Waals surface area contributed by atoms with Crippen LogP contribution >= 0.6 is 11.3 Å². The SMILES string of the molecule is O=C(c1ccc(-c2cccs2)[nH]c1=O)N1CCCC(c2nc(-c3cccc(F)c3)no2)C1. The van der Waals surface area contributed by atoms with Crippen molar-refractivity contribution in [3.63, 3.8) is 0 Å². The number of amides is 1. The third-order valence-corrected chi connectivity index (χ3v) is 6.41. The Hall–Kier alpha value is -3.59. The summed E-state index contributed by atoms with van der Waals surface area (Å²) in [5.41, 5.74) is 0.918. The molecule has 4 heterocycles. The third kappa shape index (κ3) is 3.99. The Morgan fingerprint density at radius 2 is 2.12 bits per heavy atom. The molecule has 0 spiro atoms. The fourth-order valence-electron chi connectivity index (χ4n) is 3.90. The van der Waals surface area contributed by atoms with Gasteiger partial charge in [0.1, 0.15) is 11.4 Å². The predicted molar refractivity (Wildman–Crippen MR) is 118 cm³/mol. The third-order valence-electron chi connectivity index (χ3n) is 5.51. The second-order valence-electron chi connectivity index (χ2n) is 7.65. The van der Waals surface area contributed by atoms with Gasteiger partial charge in [0.25, 0.3) is 11.5 Å². The quantitative estimate of drug-likeness (QED) is 0.500. The van der Waals surface area contributed by atoms with Crippen LogP contribution in [0.3, 0.4) is 0 Å². The summed E-state index contributed by atoms with van der Waals surface area (Å²) >= 11 is 1.52. The van der Waals surface area contributed by atoms with Crippen molar-refractivity contribution < 1.29 is 13.7 Å². The van der Waals surface area contributed by atoms with Crippen LogP contribution in [-0.4, -0.2) is 39.0 Å². The monoisotopic (exact) mass is 450 g/mol. The number of aromatic amines is 1. The van der Waals surface area contributed by atoms with Crippen LogP contribution in [0.15, 0.2) is 63.2 Å². The maximum Gasteiger partial charge on any atom is 0.261 e. The molecule has 0 radical (unpaired) electrons. The van der Waals surface area contributed by atoms with Crippen molar-refractivity contribution in [2.45, 2.75) is 18.8 Å². The fraction of sp³-hybridized carbons (Fsp3) is 0.217. The highest BCUT2D eigenvalue weighted by Gasteiger charge is 2.30. The molecule has 1 aromatic carbocycles. The van der Waals surface area contributed by atoms with Crippen molar-refractivity contribution >= 4 is 17.2 Å². The van der Waals surface area contributed by atoms with E-state index in [1.807, 2.05) is 17.5 Å². The topological polar surface area (TPSA) is 92.1 Å². The van der Waals surface area contributed by atoms with Gasteiger partial charge < -0.3 is 14.4 Å². The van der Waals surface area contributed by atoms with Crippen LogP contribution in [0.1, 0.15) is 35.0 Å². The number of rotatable bonds is 4. The average Bonchev–Trinajstić information content (AvgIpc) is 3.51. The van der Waals surface area contributed by atoms with E-state index < -0.39 is 5.56 Å². The van der Waals surface area contributed by atoms with Crippen molar-refractivity contribution in [3.8, 4) is 22.0 Å². The second-order valence-corrected chi connectivity index (χ2v) is 8.60. The maximum absolute atomic E-state index is 13.5. The predicted octanol–water partition coefficient (Wildman–Crippen LogP) is 4.31. The van der Waals surface area contributed by atoms with E-state index in [4.69, 9.17) is 4.52 Å². The molecule has 0 bridgehead atoms. The summed E-state index contributed by atoms with van der Waals surface area (Å²) < 4.78 is 18.9. The molecule has 1 unspecified atom stereocenters. The molecule has 1 amide bonds. The van der Waals surface area contributed by atoms with E-state index in [-0.39, 0.29) is 23.2 Å². The molecule has 0 aliphatic carbocycles. The number of halogens is 1. The number of benzene rings is 1. The number of carbonyl (C=O) groups is 1. The highest BCUT2D eigenvalue weighted by Crippen LogP contribution is 2.28. The van der Waals surface area contributed by atoms with Crippen LogP contribution in [-0.2, 0) is 0 Å². The Balaban J connectivity index is 1.33. The first-order valence-electron chi connectivity index (χ1n) is 10.2. The summed E-state index contributed by atoms with van der Waals surface area (Å²) in [4.78, 5) is 35.5. The summed E-state index contributed by atoms with van der Waals surface area (Å²) in [5.74, 6) is -0.128. The highest BCUT2D eigenvalue weighted by molar-refractivity contribution is 7.13. The van der Waals surface area contributed by atoms with Crippen LogP contribution in [0.2, 0.25) is 0 Å². The number of piperidine rings is 1. The first-order chi connectivity index (χ1) is 15.6. The number of likely N-dealkylation sites (tertiary alicyclic amines) is 1. The van der Waals surface area contributed by atoms with Crippen LogP contribution < -0.4 is 5.56 Å². The first-order valence-corrected chi connectivity index (χ1v) is 11.1. The van der Waals surface area contributed by atoms with Gasteiger partial charge in [-0.15, -0.1) is 11.3 Å². The van der Waals surface area contributed by atoms with Crippen molar-refractivity contribution in [3.05, 3.63) is 81.5 Å². The summed E-state index contributed by atoms with van der Waals surface area (Å²) in [5, 5.41) is 5.90. The number of hydrogen-bond acceptors (Lipinski definition) is 6. The zero-order chi connectivity index (χ0) is 22.1. The Kier molecular flexibility index (Phi) is 5.40. The molecule has 7 nitrogen and oxygen atoms in total. The molecule has 4 aromatic rings. The molecule has 3 aromatic heterocycles. The molecule has 1 saturated heterocycles. The largest absolute Gasteiger partial charge is 0.339 e. The van der Waals surface area contributed by atoms with Gasteiger partial charge in [0.2, 0.25) is 11.7 Å². The van der Waals surface area contributed by atoms with Crippen molar-refractivity contribution in [1.82, 2.24) is 20.0 Å². The summed E-state index contributed by atoms with van der Waals surface area (Å²) in [6, 6.07) is 13.1. The molecule has 5 rings (SSSR count). The molecule has 1 aliphatic rings. The molecular formula is C23H19FN4O3S. The van der Waals surface area contributed by atoms with Crippen molar-refractivity contribution in [2.24, 2.45) is 0 Å². The lowest BCUT2D eigenvalue weighted by Crippen LogP contribution is -2.41. The van der Waals surface area contributed by atoms with Crippen LogP contribution in [0.25, 0.3) is 22.0 Å². The minimum atomic E-state index is -0.408. The lowest BCUT2D eigenvalue weighted by molar-refractivity contribution is 0.0694. The van der Waals surface area contributed by atoms with Crippen molar-refractivity contribution in [2.75, 3.05) is 13.1 Å². The minimum absolute atomic E-state index is 0.108. The fourth-order valence-corrected chi connectivity index (χ4v) is 4.60. The number of hydrogen-bond donors (Lipinski definition) is 1. The average molecular weight is 450 g/mol. The van der Waals surface area contributed by atoms with Gasteiger partial charge in [0.15, 0.2) is 0 Å². The van der Waals surface area contributed by atoms with Gasteiger partial charge in [-0.05, 0) is 48.6 Å². The van der Waals surface area contributed by atoms with Gasteiger partial charge in [0.05, 0.1) is 16.5 Å². The van der Waals surface area contributed by atoms with Crippen LogP contribution in [0.5, 0.6) is 0 Å². The van der Waals surface area contributed by atoms with Gasteiger partial charge in [-0.2, -0.15) is 4.98 Å². The molecule has 0 saturated carbocycles. The van der Waals surface area contributed by atoms with Gasteiger partial charge in [-0.25, -0.2) is 4.39 Å². The summed E-state index contributed by atoms with van der Waals surface area (Å²) in [7, 11) is 0. The van der Waals surface area contributed by atoms with Gasteiger partial charge in [-0.3, -0.25) is 9.59 Å². The zero-order valence-electron chi connectivity index (χ0n) is 17.0. The minimum Gasteiger partial charge on any atom is -0.339 e. The smallest absolute Gasteiger partial charge is 0.261 e. The molecule has 1 N–H and O–H groups in total. The number of nitrogens with zero attached hydrogens (tertiary/aromatic N) is 3. The Labute approximate surface area is 186 Å². The Bertz CT molecular complexity index is 1310. The van der Waals surface area contributed by atoms with E-state index in [9.17, 15) is 14.0 Å². The summed E-state index contributed by atoms with van der Waals surface area (Å²) in [6.45, 7) is 0.919. The van der Waals surface area contributed by atoms with E-state index in [1.165, 1.54) is 23.5 Å². The standard InChI is InChI=1S/C23H19FN4O3S/c24-16-6-1-4-14(12-16)20-26-22(31-27-20)15-5-2-10-28(13-15)23(30)17-8-9-18(25-21(17)29)19-7-3-11-32-19/h1,3-4,6-9,11-12,15H,2,5,10,13H2,(H,25,29). The van der Waals surface area contributed by atoms with Crippen LogP contribution in [0.4, 0.5) is 4.39 Å². The molecule has 1 atom stereocenters. The van der Waals surface area contributed by atoms with E-state index in [0.29, 0.717) is 36.1 Å².